The number of imidazole rings is 1. The molecule has 3 aromatic rings. The number of nitrogens with one attached hydrogen (secondary N) is 1. The van der Waals surface area contributed by atoms with Gasteiger partial charge in [-0.3, -0.25) is 4.79 Å². The zero-order chi connectivity index (χ0) is 17.8. The van der Waals surface area contributed by atoms with E-state index in [9.17, 15) is 4.79 Å². The number of amides is 1. The first-order valence-electron chi connectivity index (χ1n) is 9.23. The Morgan fingerprint density at radius 3 is 2.85 bits per heavy atom. The van der Waals surface area contributed by atoms with Crippen LogP contribution in [-0.2, 0) is 4.74 Å². The molecule has 1 aliphatic heterocycles. The second-order valence-corrected chi connectivity index (χ2v) is 6.71. The fourth-order valence-corrected chi connectivity index (χ4v) is 3.36. The standard InChI is InChI=1S/C21H23N3O2/c25-21(22-12-11-18-8-4-5-13-26-18)17-9-10-20-23-19(15-24(20)14-17)16-6-2-1-3-7-16/h1-3,6-7,9-10,14-15,18H,4-5,8,11-13H2,(H,22,25)/t18-/m1/s1. The second kappa shape index (κ2) is 7.70. The molecule has 4 rings (SSSR count). The number of ether oxygens (including phenoxy) is 1. The summed E-state index contributed by atoms with van der Waals surface area (Å²) in [6, 6.07) is 13.7. The third-order valence-corrected chi connectivity index (χ3v) is 4.81. The lowest BCUT2D eigenvalue weighted by Gasteiger charge is -2.22. The van der Waals surface area contributed by atoms with Crippen LogP contribution in [-0.4, -0.2) is 34.5 Å². The van der Waals surface area contributed by atoms with Gasteiger partial charge in [-0.05, 0) is 37.8 Å². The highest BCUT2D eigenvalue weighted by molar-refractivity contribution is 5.94. The van der Waals surface area contributed by atoms with E-state index in [1.807, 2.05) is 59.3 Å². The van der Waals surface area contributed by atoms with E-state index in [4.69, 9.17) is 4.74 Å². The topological polar surface area (TPSA) is 55.6 Å². The number of aromatic nitrogens is 2. The van der Waals surface area contributed by atoms with Crippen LogP contribution in [0.15, 0.2) is 54.9 Å². The van der Waals surface area contributed by atoms with Crippen LogP contribution in [0.5, 0.6) is 0 Å². The van der Waals surface area contributed by atoms with Crippen LogP contribution < -0.4 is 5.32 Å². The number of hydrogen-bond acceptors (Lipinski definition) is 3. The number of hydrogen-bond donors (Lipinski definition) is 1. The average molecular weight is 349 g/mol. The molecule has 3 heterocycles. The number of carbonyl (C=O) groups is 1. The van der Waals surface area contributed by atoms with Crippen molar-refractivity contribution in [1.29, 1.82) is 0 Å². The van der Waals surface area contributed by atoms with E-state index in [2.05, 4.69) is 10.3 Å². The molecule has 1 saturated heterocycles. The molecule has 1 aromatic carbocycles. The first-order valence-corrected chi connectivity index (χ1v) is 9.23. The first-order chi connectivity index (χ1) is 12.8. The van der Waals surface area contributed by atoms with E-state index in [0.717, 1.165) is 42.8 Å². The summed E-state index contributed by atoms with van der Waals surface area (Å²) in [5, 5.41) is 3.00. The van der Waals surface area contributed by atoms with Gasteiger partial charge in [0.05, 0.1) is 17.4 Å². The fourth-order valence-electron chi connectivity index (χ4n) is 3.36. The highest BCUT2D eigenvalue weighted by Crippen LogP contribution is 2.19. The first kappa shape index (κ1) is 16.8. The quantitative estimate of drug-likeness (QED) is 0.764. The number of fused-ring (bicyclic) bond motifs is 1. The lowest BCUT2D eigenvalue weighted by atomic mass is 10.1. The molecule has 0 radical (unpaired) electrons. The van der Waals surface area contributed by atoms with Crippen LogP contribution in [0.4, 0.5) is 0 Å². The summed E-state index contributed by atoms with van der Waals surface area (Å²) in [7, 11) is 0. The molecule has 0 bridgehead atoms. The van der Waals surface area contributed by atoms with Gasteiger partial charge < -0.3 is 14.5 Å². The Kier molecular flexibility index (Phi) is 4.97. The highest BCUT2D eigenvalue weighted by Gasteiger charge is 2.14. The van der Waals surface area contributed by atoms with Crippen molar-refractivity contribution in [1.82, 2.24) is 14.7 Å². The van der Waals surface area contributed by atoms with Crippen LogP contribution in [0.25, 0.3) is 16.9 Å². The smallest absolute Gasteiger partial charge is 0.252 e. The molecule has 0 unspecified atom stereocenters. The van der Waals surface area contributed by atoms with Crippen LogP contribution in [0.1, 0.15) is 36.0 Å². The van der Waals surface area contributed by atoms with Crippen molar-refractivity contribution < 1.29 is 9.53 Å². The second-order valence-electron chi connectivity index (χ2n) is 6.71. The third kappa shape index (κ3) is 3.78. The fraction of sp³-hybridized carbons (Fsp3) is 0.333. The molecule has 1 N–H and O–H groups in total. The van der Waals surface area contributed by atoms with Gasteiger partial charge in [0.2, 0.25) is 0 Å². The Bertz CT molecular complexity index is 883. The summed E-state index contributed by atoms with van der Waals surface area (Å²) >= 11 is 0. The molecule has 1 fully saturated rings. The Hall–Kier alpha value is -2.66. The molecule has 5 heteroatoms. The Labute approximate surface area is 153 Å². The Balaban J connectivity index is 1.42. The van der Waals surface area contributed by atoms with Crippen molar-refractivity contribution in [3.8, 4) is 11.3 Å². The normalized spacial score (nSPS) is 17.3. The zero-order valence-corrected chi connectivity index (χ0v) is 14.7. The molecular weight excluding hydrogens is 326 g/mol. The summed E-state index contributed by atoms with van der Waals surface area (Å²) < 4.78 is 7.61. The largest absolute Gasteiger partial charge is 0.378 e. The highest BCUT2D eigenvalue weighted by atomic mass is 16.5. The molecule has 2 aromatic heterocycles. The van der Waals surface area contributed by atoms with Gasteiger partial charge in [0.25, 0.3) is 5.91 Å². The van der Waals surface area contributed by atoms with E-state index >= 15 is 0 Å². The molecule has 0 saturated carbocycles. The van der Waals surface area contributed by atoms with E-state index in [-0.39, 0.29) is 12.0 Å². The predicted octanol–water partition coefficient (Wildman–Crippen LogP) is 3.69. The summed E-state index contributed by atoms with van der Waals surface area (Å²) in [5.74, 6) is -0.0577. The number of benzene rings is 1. The number of rotatable bonds is 5. The van der Waals surface area contributed by atoms with Gasteiger partial charge in [0.15, 0.2) is 0 Å². The lowest BCUT2D eigenvalue weighted by Crippen LogP contribution is -2.29. The Morgan fingerprint density at radius 2 is 2.04 bits per heavy atom. The van der Waals surface area contributed by atoms with Crippen molar-refractivity contribution in [2.45, 2.75) is 31.8 Å². The molecule has 26 heavy (non-hydrogen) atoms. The molecule has 1 atom stereocenters. The minimum Gasteiger partial charge on any atom is -0.378 e. The van der Waals surface area contributed by atoms with Crippen molar-refractivity contribution >= 4 is 11.6 Å². The van der Waals surface area contributed by atoms with Gasteiger partial charge >= 0.3 is 0 Å². The molecule has 1 aliphatic rings. The monoisotopic (exact) mass is 349 g/mol. The van der Waals surface area contributed by atoms with E-state index in [1.54, 1.807) is 0 Å². The Morgan fingerprint density at radius 1 is 1.15 bits per heavy atom. The average Bonchev–Trinajstić information content (AvgIpc) is 3.13. The number of nitrogens with zero attached hydrogens (tertiary/aromatic N) is 2. The van der Waals surface area contributed by atoms with Gasteiger partial charge in [0.1, 0.15) is 5.65 Å². The molecule has 1 amide bonds. The summed E-state index contributed by atoms with van der Waals surface area (Å²) in [6.07, 6.45) is 8.42. The maximum Gasteiger partial charge on any atom is 0.252 e. The van der Waals surface area contributed by atoms with Crippen molar-refractivity contribution in [3.63, 3.8) is 0 Å². The minimum atomic E-state index is -0.0577. The van der Waals surface area contributed by atoms with E-state index in [0.29, 0.717) is 12.1 Å². The van der Waals surface area contributed by atoms with Gasteiger partial charge in [0, 0.05) is 31.1 Å². The maximum atomic E-state index is 12.4. The predicted molar refractivity (Wildman–Crippen MR) is 101 cm³/mol. The molecule has 134 valence electrons. The molecule has 0 aliphatic carbocycles. The van der Waals surface area contributed by atoms with Crippen molar-refractivity contribution in [3.05, 3.63) is 60.4 Å². The van der Waals surface area contributed by atoms with E-state index in [1.165, 1.54) is 6.42 Å². The van der Waals surface area contributed by atoms with Crippen LogP contribution >= 0.6 is 0 Å². The van der Waals surface area contributed by atoms with Gasteiger partial charge in [-0.25, -0.2) is 4.98 Å². The minimum absolute atomic E-state index is 0.0577. The SMILES string of the molecule is O=C(NCC[C@H]1CCCCO1)c1ccc2nc(-c3ccccc3)cn2c1. The number of carbonyl (C=O) groups excluding carboxylic acids is 1. The van der Waals surface area contributed by atoms with E-state index < -0.39 is 0 Å². The van der Waals surface area contributed by atoms with Crippen molar-refractivity contribution in [2.24, 2.45) is 0 Å². The van der Waals surface area contributed by atoms with Crippen LogP contribution in [0, 0.1) is 0 Å². The summed E-state index contributed by atoms with van der Waals surface area (Å²) in [4.78, 5) is 17.0. The maximum absolute atomic E-state index is 12.4. The van der Waals surface area contributed by atoms with Gasteiger partial charge in [-0.1, -0.05) is 30.3 Å². The molecule has 0 spiro atoms. The molecular formula is C21H23N3O2. The molecule has 5 nitrogen and oxygen atoms in total. The van der Waals surface area contributed by atoms with Gasteiger partial charge in [-0.2, -0.15) is 0 Å². The summed E-state index contributed by atoms with van der Waals surface area (Å²) in [6.45, 7) is 1.49. The summed E-state index contributed by atoms with van der Waals surface area (Å²) in [5.41, 5.74) is 3.43. The lowest BCUT2D eigenvalue weighted by molar-refractivity contribution is 0.0117. The van der Waals surface area contributed by atoms with Crippen LogP contribution in [0.2, 0.25) is 0 Å². The zero-order valence-electron chi connectivity index (χ0n) is 14.7. The third-order valence-electron chi connectivity index (χ3n) is 4.81. The number of pyridine rings is 1. The van der Waals surface area contributed by atoms with Crippen molar-refractivity contribution in [2.75, 3.05) is 13.2 Å². The van der Waals surface area contributed by atoms with Crippen LogP contribution in [0.3, 0.4) is 0 Å². The van der Waals surface area contributed by atoms with Gasteiger partial charge in [-0.15, -0.1) is 0 Å².